The molecule has 1 aromatic carbocycles. The summed E-state index contributed by atoms with van der Waals surface area (Å²) in [6.45, 7) is 10.9. The largest absolute Gasteiger partial charge is 0.369 e. The summed E-state index contributed by atoms with van der Waals surface area (Å²) in [5, 5.41) is 0. The van der Waals surface area contributed by atoms with Gasteiger partial charge in [-0.2, -0.15) is 0 Å². The minimum atomic E-state index is 0.0994. The summed E-state index contributed by atoms with van der Waals surface area (Å²) in [7, 11) is 0. The monoisotopic (exact) mass is 412 g/mol. The molecule has 3 fully saturated rings. The number of Topliss-reactive ketones (excluding diaryl/α,β-unsaturated/α-hetero) is 1. The van der Waals surface area contributed by atoms with Crippen LogP contribution in [-0.4, -0.2) is 90.8 Å². The Kier molecular flexibility index (Phi) is 6.74. The van der Waals surface area contributed by atoms with E-state index in [0.29, 0.717) is 12.6 Å². The molecule has 4 rings (SSSR count). The lowest BCUT2D eigenvalue weighted by Crippen LogP contribution is -2.57. The fraction of sp³-hybridized carbons (Fsp3) is 0.667. The van der Waals surface area contributed by atoms with E-state index in [9.17, 15) is 9.59 Å². The first-order chi connectivity index (χ1) is 14.5. The number of amides is 1. The third-order valence-electron chi connectivity index (χ3n) is 7.25. The van der Waals surface area contributed by atoms with E-state index in [1.807, 2.05) is 24.3 Å². The van der Waals surface area contributed by atoms with Crippen LogP contribution in [0, 0.1) is 0 Å². The molecule has 0 spiro atoms. The van der Waals surface area contributed by atoms with Crippen LogP contribution >= 0.6 is 0 Å². The molecule has 2 heterocycles. The van der Waals surface area contributed by atoms with Gasteiger partial charge in [-0.25, -0.2) is 0 Å². The standard InChI is InChI=1S/C24H36N4O2/c1-19-17-28(23-9-7-21(8-10-23)20(2)29)16-15-27(19)18-24(30)26-13-11-25(12-14-26)22-5-3-4-6-22/h7-10,19,22H,3-6,11-18H2,1-2H3/t19-/m0/s1. The first-order valence-electron chi connectivity index (χ1n) is 11.6. The summed E-state index contributed by atoms with van der Waals surface area (Å²) in [6, 6.07) is 8.98. The van der Waals surface area contributed by atoms with Crippen molar-refractivity contribution in [2.24, 2.45) is 0 Å². The van der Waals surface area contributed by atoms with Gasteiger partial charge in [-0.1, -0.05) is 12.8 Å². The molecule has 0 bridgehead atoms. The van der Waals surface area contributed by atoms with Crippen molar-refractivity contribution in [1.82, 2.24) is 14.7 Å². The van der Waals surface area contributed by atoms with Gasteiger partial charge in [-0.15, -0.1) is 0 Å². The number of carbonyl (C=O) groups excluding carboxylic acids is 2. The first kappa shape index (κ1) is 21.3. The summed E-state index contributed by atoms with van der Waals surface area (Å²) in [5.74, 6) is 0.384. The zero-order chi connectivity index (χ0) is 21.1. The highest BCUT2D eigenvalue weighted by atomic mass is 16.2. The van der Waals surface area contributed by atoms with Gasteiger partial charge < -0.3 is 9.80 Å². The molecule has 1 atom stereocenters. The van der Waals surface area contributed by atoms with Crippen molar-refractivity contribution in [2.75, 3.05) is 57.3 Å². The van der Waals surface area contributed by atoms with Gasteiger partial charge in [0.15, 0.2) is 5.78 Å². The first-order valence-corrected chi connectivity index (χ1v) is 11.6. The molecule has 0 unspecified atom stereocenters. The molecule has 1 amide bonds. The van der Waals surface area contributed by atoms with Gasteiger partial charge in [0, 0.05) is 69.1 Å². The average Bonchev–Trinajstić information content (AvgIpc) is 3.30. The van der Waals surface area contributed by atoms with Crippen molar-refractivity contribution in [2.45, 2.75) is 51.6 Å². The molecule has 2 saturated heterocycles. The van der Waals surface area contributed by atoms with Crippen molar-refractivity contribution in [3.05, 3.63) is 29.8 Å². The number of piperazine rings is 2. The highest BCUT2D eigenvalue weighted by Gasteiger charge is 2.30. The highest BCUT2D eigenvalue weighted by Crippen LogP contribution is 2.24. The van der Waals surface area contributed by atoms with Crippen LogP contribution < -0.4 is 4.90 Å². The van der Waals surface area contributed by atoms with Crippen LogP contribution in [0.5, 0.6) is 0 Å². The van der Waals surface area contributed by atoms with Gasteiger partial charge in [0.2, 0.25) is 5.91 Å². The van der Waals surface area contributed by atoms with Gasteiger partial charge >= 0.3 is 0 Å². The normalized spacial score (nSPS) is 24.4. The molecule has 1 saturated carbocycles. The van der Waals surface area contributed by atoms with Crippen LogP contribution in [-0.2, 0) is 4.79 Å². The maximum atomic E-state index is 12.9. The predicted octanol–water partition coefficient (Wildman–Crippen LogP) is 2.49. The van der Waals surface area contributed by atoms with Gasteiger partial charge in [0.1, 0.15) is 0 Å². The van der Waals surface area contributed by atoms with Crippen LogP contribution in [0.25, 0.3) is 0 Å². The lowest BCUT2D eigenvalue weighted by atomic mass is 10.1. The minimum absolute atomic E-state index is 0.0994. The molecule has 30 heavy (non-hydrogen) atoms. The van der Waals surface area contributed by atoms with Crippen LogP contribution in [0.3, 0.4) is 0 Å². The van der Waals surface area contributed by atoms with E-state index < -0.39 is 0 Å². The molecule has 6 nitrogen and oxygen atoms in total. The van der Waals surface area contributed by atoms with E-state index >= 15 is 0 Å². The van der Waals surface area contributed by atoms with Crippen molar-refractivity contribution in [3.8, 4) is 0 Å². The van der Waals surface area contributed by atoms with Gasteiger partial charge in [0.25, 0.3) is 0 Å². The molecule has 0 aromatic heterocycles. The van der Waals surface area contributed by atoms with Gasteiger partial charge in [-0.3, -0.25) is 19.4 Å². The van der Waals surface area contributed by atoms with Crippen molar-refractivity contribution in [3.63, 3.8) is 0 Å². The Hall–Kier alpha value is -1.92. The molecule has 0 radical (unpaired) electrons. The Morgan fingerprint density at radius 3 is 2.20 bits per heavy atom. The number of nitrogens with zero attached hydrogens (tertiary/aromatic N) is 4. The zero-order valence-electron chi connectivity index (χ0n) is 18.6. The second kappa shape index (κ2) is 9.48. The number of anilines is 1. The van der Waals surface area contributed by atoms with Gasteiger partial charge in [0.05, 0.1) is 6.54 Å². The van der Waals surface area contributed by atoms with Crippen LogP contribution in [0.1, 0.15) is 49.9 Å². The molecule has 1 aromatic rings. The Balaban J connectivity index is 1.25. The number of carbonyl (C=O) groups is 2. The molecule has 3 aliphatic rings. The summed E-state index contributed by atoms with van der Waals surface area (Å²) in [5.41, 5.74) is 1.91. The molecule has 2 aliphatic heterocycles. The molecular weight excluding hydrogens is 376 g/mol. The smallest absolute Gasteiger partial charge is 0.236 e. The van der Waals surface area contributed by atoms with Crippen molar-refractivity contribution in [1.29, 1.82) is 0 Å². The summed E-state index contributed by atoms with van der Waals surface area (Å²) in [4.78, 5) is 33.8. The van der Waals surface area contributed by atoms with E-state index in [1.54, 1.807) is 6.92 Å². The van der Waals surface area contributed by atoms with Crippen molar-refractivity contribution < 1.29 is 9.59 Å². The second-order valence-corrected chi connectivity index (χ2v) is 9.22. The Bertz CT molecular complexity index is 736. The molecular formula is C24H36N4O2. The summed E-state index contributed by atoms with van der Waals surface area (Å²) in [6.07, 6.45) is 5.42. The average molecular weight is 413 g/mol. The van der Waals surface area contributed by atoms with E-state index in [1.165, 1.54) is 25.7 Å². The number of hydrogen-bond donors (Lipinski definition) is 0. The van der Waals surface area contributed by atoms with Crippen LogP contribution in [0.15, 0.2) is 24.3 Å². The lowest BCUT2D eigenvalue weighted by molar-refractivity contribution is -0.135. The number of hydrogen-bond acceptors (Lipinski definition) is 5. The van der Waals surface area contributed by atoms with Gasteiger partial charge in [-0.05, 0) is 51.0 Å². The maximum Gasteiger partial charge on any atom is 0.236 e. The minimum Gasteiger partial charge on any atom is -0.369 e. The molecule has 6 heteroatoms. The van der Waals surface area contributed by atoms with E-state index in [-0.39, 0.29) is 11.7 Å². The second-order valence-electron chi connectivity index (χ2n) is 9.22. The van der Waals surface area contributed by atoms with E-state index in [4.69, 9.17) is 0 Å². The number of benzene rings is 1. The SMILES string of the molecule is CC(=O)c1ccc(N2CCN(CC(=O)N3CCN(C4CCCC4)CC3)[C@@H](C)C2)cc1. The fourth-order valence-electron chi connectivity index (χ4n) is 5.25. The highest BCUT2D eigenvalue weighted by molar-refractivity contribution is 5.94. The van der Waals surface area contributed by atoms with Crippen LogP contribution in [0.2, 0.25) is 0 Å². The van der Waals surface area contributed by atoms with E-state index in [2.05, 4.69) is 26.5 Å². The van der Waals surface area contributed by atoms with Crippen molar-refractivity contribution >= 4 is 17.4 Å². The third kappa shape index (κ3) is 4.86. The maximum absolute atomic E-state index is 12.9. The number of rotatable bonds is 5. The Labute approximate surface area is 180 Å². The van der Waals surface area contributed by atoms with Crippen LogP contribution in [0.4, 0.5) is 5.69 Å². The summed E-state index contributed by atoms with van der Waals surface area (Å²) >= 11 is 0. The third-order valence-corrected chi connectivity index (χ3v) is 7.25. The Morgan fingerprint density at radius 1 is 0.933 bits per heavy atom. The fourth-order valence-corrected chi connectivity index (χ4v) is 5.25. The Morgan fingerprint density at radius 2 is 1.60 bits per heavy atom. The van der Waals surface area contributed by atoms with E-state index in [0.717, 1.165) is 63.1 Å². The predicted molar refractivity (Wildman–Crippen MR) is 120 cm³/mol. The zero-order valence-corrected chi connectivity index (χ0v) is 18.6. The molecule has 164 valence electrons. The topological polar surface area (TPSA) is 47.1 Å². The quantitative estimate of drug-likeness (QED) is 0.696. The number of ketones is 1. The summed E-state index contributed by atoms with van der Waals surface area (Å²) < 4.78 is 0. The molecule has 1 aliphatic carbocycles. The lowest BCUT2D eigenvalue weighted by Gasteiger charge is -2.42. The molecule has 0 N–H and O–H groups in total.